The third-order valence-corrected chi connectivity index (χ3v) is 3.76. The Labute approximate surface area is 149 Å². The van der Waals surface area contributed by atoms with Crippen LogP contribution in [-0.2, 0) is 19.0 Å². The van der Waals surface area contributed by atoms with E-state index in [2.05, 4.69) is 13.8 Å². The molecule has 0 bridgehead atoms. The molecule has 0 aliphatic carbocycles. The van der Waals surface area contributed by atoms with E-state index in [0.29, 0.717) is 25.6 Å². The van der Waals surface area contributed by atoms with Crippen molar-refractivity contribution in [3.05, 3.63) is 0 Å². The molecule has 0 spiro atoms. The third-order valence-electron chi connectivity index (χ3n) is 3.76. The Morgan fingerprint density at radius 2 is 1.29 bits per heavy atom. The van der Waals surface area contributed by atoms with Crippen LogP contribution >= 0.6 is 0 Å². The first-order valence-corrected chi connectivity index (χ1v) is 9.95. The lowest BCUT2D eigenvalue weighted by Crippen LogP contribution is -2.29. The standard InChI is InChI=1S/C20H40O4/c1-5-7-9-11-13-22-16-19(24-20(21)15-18(3)4)17-23-14-12-10-8-6-2/h18-19H,5-17H2,1-4H3. The molecular formula is C20H40O4. The van der Waals surface area contributed by atoms with Gasteiger partial charge in [0.05, 0.1) is 13.2 Å². The molecule has 0 aromatic heterocycles. The Hall–Kier alpha value is -0.610. The minimum Gasteiger partial charge on any atom is -0.457 e. The highest BCUT2D eigenvalue weighted by molar-refractivity contribution is 5.69. The molecule has 4 heteroatoms. The van der Waals surface area contributed by atoms with Gasteiger partial charge in [-0.1, -0.05) is 66.2 Å². The monoisotopic (exact) mass is 344 g/mol. The Morgan fingerprint density at radius 1 is 0.792 bits per heavy atom. The van der Waals surface area contributed by atoms with Crippen molar-refractivity contribution in [3.63, 3.8) is 0 Å². The van der Waals surface area contributed by atoms with Crippen LogP contribution < -0.4 is 0 Å². The molecule has 0 aliphatic heterocycles. The third kappa shape index (κ3) is 16.3. The summed E-state index contributed by atoms with van der Waals surface area (Å²) in [5.74, 6) is 0.155. The number of unbranched alkanes of at least 4 members (excludes halogenated alkanes) is 6. The summed E-state index contributed by atoms with van der Waals surface area (Å²) in [5.41, 5.74) is 0. The Kier molecular flexibility index (Phi) is 16.8. The second-order valence-corrected chi connectivity index (χ2v) is 6.98. The Balaban J connectivity index is 3.97. The first kappa shape index (κ1) is 23.4. The van der Waals surface area contributed by atoms with Gasteiger partial charge in [-0.2, -0.15) is 0 Å². The van der Waals surface area contributed by atoms with Crippen molar-refractivity contribution < 1.29 is 19.0 Å². The zero-order valence-electron chi connectivity index (χ0n) is 16.5. The summed E-state index contributed by atoms with van der Waals surface area (Å²) in [7, 11) is 0. The molecule has 0 aromatic rings. The summed E-state index contributed by atoms with van der Waals surface area (Å²) in [6, 6.07) is 0. The van der Waals surface area contributed by atoms with Crippen LogP contribution in [0.5, 0.6) is 0 Å². The van der Waals surface area contributed by atoms with E-state index in [1.54, 1.807) is 0 Å². The van der Waals surface area contributed by atoms with Gasteiger partial charge in [-0.15, -0.1) is 0 Å². The van der Waals surface area contributed by atoms with Gasteiger partial charge < -0.3 is 14.2 Å². The van der Waals surface area contributed by atoms with Gasteiger partial charge in [-0.05, 0) is 18.8 Å². The van der Waals surface area contributed by atoms with Crippen LogP contribution in [0.25, 0.3) is 0 Å². The van der Waals surface area contributed by atoms with Crippen LogP contribution in [-0.4, -0.2) is 38.5 Å². The number of carbonyl (C=O) groups is 1. The van der Waals surface area contributed by atoms with Gasteiger partial charge in [0.15, 0.2) is 0 Å². The fraction of sp³-hybridized carbons (Fsp3) is 0.950. The number of carbonyl (C=O) groups excluding carboxylic acids is 1. The van der Waals surface area contributed by atoms with Gasteiger partial charge in [0.1, 0.15) is 6.10 Å². The van der Waals surface area contributed by atoms with Gasteiger partial charge in [-0.3, -0.25) is 4.79 Å². The first-order chi connectivity index (χ1) is 11.6. The SMILES string of the molecule is CCCCCCOCC(COCCCCCC)OC(=O)CC(C)C. The summed E-state index contributed by atoms with van der Waals surface area (Å²) < 4.78 is 16.9. The molecule has 0 atom stereocenters. The molecule has 0 fully saturated rings. The van der Waals surface area contributed by atoms with Crippen molar-refractivity contribution >= 4 is 5.97 Å². The van der Waals surface area contributed by atoms with Crippen molar-refractivity contribution in [1.29, 1.82) is 0 Å². The summed E-state index contributed by atoms with van der Waals surface area (Å²) in [6.45, 7) is 10.8. The number of esters is 1. The van der Waals surface area contributed by atoms with E-state index in [0.717, 1.165) is 26.1 Å². The molecule has 0 saturated carbocycles. The molecular weight excluding hydrogens is 304 g/mol. The van der Waals surface area contributed by atoms with Gasteiger partial charge in [0.25, 0.3) is 0 Å². The predicted octanol–water partition coefficient (Wildman–Crippen LogP) is 5.14. The second kappa shape index (κ2) is 17.2. The average Bonchev–Trinajstić information content (AvgIpc) is 2.52. The normalized spacial score (nSPS) is 11.4. The highest BCUT2D eigenvalue weighted by atomic mass is 16.6. The predicted molar refractivity (Wildman–Crippen MR) is 99.3 cm³/mol. The maximum absolute atomic E-state index is 11.9. The molecule has 0 saturated heterocycles. The van der Waals surface area contributed by atoms with E-state index in [9.17, 15) is 4.79 Å². The molecule has 0 aromatic carbocycles. The van der Waals surface area contributed by atoms with Crippen LogP contribution in [0.1, 0.15) is 85.5 Å². The first-order valence-electron chi connectivity index (χ1n) is 9.95. The van der Waals surface area contributed by atoms with Crippen LogP contribution in [0.4, 0.5) is 0 Å². The van der Waals surface area contributed by atoms with Crippen LogP contribution in [0.15, 0.2) is 0 Å². The van der Waals surface area contributed by atoms with Crippen molar-refractivity contribution in [2.75, 3.05) is 26.4 Å². The molecule has 144 valence electrons. The quantitative estimate of drug-likeness (QED) is 0.271. The van der Waals surface area contributed by atoms with E-state index >= 15 is 0 Å². The molecule has 4 nitrogen and oxygen atoms in total. The molecule has 0 aliphatic rings. The number of hydrogen-bond acceptors (Lipinski definition) is 4. The van der Waals surface area contributed by atoms with Crippen molar-refractivity contribution in [3.8, 4) is 0 Å². The lowest BCUT2D eigenvalue weighted by molar-refractivity contribution is -0.157. The maximum atomic E-state index is 11.9. The number of ether oxygens (including phenoxy) is 3. The summed E-state index contributed by atoms with van der Waals surface area (Å²) in [4.78, 5) is 11.9. The maximum Gasteiger partial charge on any atom is 0.306 e. The van der Waals surface area contributed by atoms with Crippen molar-refractivity contribution in [2.24, 2.45) is 5.92 Å². The smallest absolute Gasteiger partial charge is 0.306 e. The zero-order chi connectivity index (χ0) is 18.0. The van der Waals surface area contributed by atoms with E-state index in [-0.39, 0.29) is 12.1 Å². The van der Waals surface area contributed by atoms with Gasteiger partial charge >= 0.3 is 5.97 Å². The highest BCUT2D eigenvalue weighted by Gasteiger charge is 2.16. The molecule has 0 amide bonds. The average molecular weight is 345 g/mol. The van der Waals surface area contributed by atoms with Crippen LogP contribution in [0.2, 0.25) is 0 Å². The minimum atomic E-state index is -0.284. The van der Waals surface area contributed by atoms with Gasteiger partial charge in [0.2, 0.25) is 0 Å². The molecule has 24 heavy (non-hydrogen) atoms. The van der Waals surface area contributed by atoms with Crippen LogP contribution in [0.3, 0.4) is 0 Å². The summed E-state index contributed by atoms with van der Waals surface area (Å²) in [5, 5.41) is 0. The van der Waals surface area contributed by atoms with Gasteiger partial charge in [-0.25, -0.2) is 0 Å². The van der Waals surface area contributed by atoms with Gasteiger partial charge in [0, 0.05) is 19.6 Å². The largest absolute Gasteiger partial charge is 0.457 e. The lowest BCUT2D eigenvalue weighted by Gasteiger charge is -2.19. The Morgan fingerprint density at radius 3 is 1.71 bits per heavy atom. The zero-order valence-corrected chi connectivity index (χ0v) is 16.5. The fourth-order valence-electron chi connectivity index (χ4n) is 2.37. The van der Waals surface area contributed by atoms with Crippen molar-refractivity contribution in [2.45, 2.75) is 91.6 Å². The van der Waals surface area contributed by atoms with E-state index < -0.39 is 0 Å². The molecule has 0 rings (SSSR count). The van der Waals surface area contributed by atoms with E-state index in [1.165, 1.54) is 38.5 Å². The molecule has 0 radical (unpaired) electrons. The van der Waals surface area contributed by atoms with Crippen LogP contribution in [0, 0.1) is 5.92 Å². The lowest BCUT2D eigenvalue weighted by atomic mass is 10.1. The molecule has 0 unspecified atom stereocenters. The van der Waals surface area contributed by atoms with E-state index in [1.807, 2.05) is 13.8 Å². The Bertz CT molecular complexity index is 263. The number of hydrogen-bond donors (Lipinski definition) is 0. The molecule has 0 N–H and O–H groups in total. The number of rotatable bonds is 17. The van der Waals surface area contributed by atoms with E-state index in [4.69, 9.17) is 14.2 Å². The minimum absolute atomic E-state index is 0.154. The van der Waals surface area contributed by atoms with Crippen molar-refractivity contribution in [1.82, 2.24) is 0 Å². The fourth-order valence-corrected chi connectivity index (χ4v) is 2.37. The molecule has 0 heterocycles. The highest BCUT2D eigenvalue weighted by Crippen LogP contribution is 2.07. The summed E-state index contributed by atoms with van der Waals surface area (Å²) in [6.07, 6.45) is 9.63. The summed E-state index contributed by atoms with van der Waals surface area (Å²) >= 11 is 0. The topological polar surface area (TPSA) is 44.8 Å². The second-order valence-electron chi connectivity index (χ2n) is 6.98.